The third-order valence-corrected chi connectivity index (χ3v) is 4.70. The number of anilines is 1. The van der Waals surface area contributed by atoms with Crippen molar-refractivity contribution in [1.29, 1.82) is 0 Å². The van der Waals surface area contributed by atoms with Gasteiger partial charge in [-0.3, -0.25) is 4.79 Å². The number of thiophene rings is 1. The number of hydrogen-bond acceptors (Lipinski definition) is 3. The Morgan fingerprint density at radius 1 is 1.40 bits per heavy atom. The van der Waals surface area contributed by atoms with E-state index in [2.05, 4.69) is 15.9 Å². The standard InChI is InChI=1S/C15H17BrN2OS/c1-18(9-14-8-12(16)10-20-14)15(19)6-5-11-3-2-4-13(17)7-11/h2-4,7-8,10H,5-6,9,17H2,1H3. The number of rotatable bonds is 5. The summed E-state index contributed by atoms with van der Waals surface area (Å²) in [5.41, 5.74) is 7.58. The zero-order chi connectivity index (χ0) is 14.5. The number of carbonyl (C=O) groups excluding carboxylic acids is 1. The molecule has 1 amide bonds. The van der Waals surface area contributed by atoms with E-state index in [-0.39, 0.29) is 5.91 Å². The highest BCUT2D eigenvalue weighted by Crippen LogP contribution is 2.21. The Balaban J connectivity index is 1.85. The maximum Gasteiger partial charge on any atom is 0.222 e. The van der Waals surface area contributed by atoms with Crippen molar-refractivity contribution in [2.45, 2.75) is 19.4 Å². The Kier molecular flexibility index (Phi) is 5.20. The van der Waals surface area contributed by atoms with Gasteiger partial charge in [-0.1, -0.05) is 12.1 Å². The fourth-order valence-corrected chi connectivity index (χ4v) is 3.45. The van der Waals surface area contributed by atoms with Crippen molar-refractivity contribution in [2.75, 3.05) is 12.8 Å². The normalized spacial score (nSPS) is 10.5. The Morgan fingerprint density at radius 2 is 2.20 bits per heavy atom. The summed E-state index contributed by atoms with van der Waals surface area (Å²) in [7, 11) is 1.84. The molecule has 0 aliphatic heterocycles. The monoisotopic (exact) mass is 352 g/mol. The van der Waals surface area contributed by atoms with Gasteiger partial charge in [-0.05, 0) is 46.1 Å². The van der Waals surface area contributed by atoms with Crippen molar-refractivity contribution in [3.05, 3.63) is 50.6 Å². The van der Waals surface area contributed by atoms with Gasteiger partial charge in [0.05, 0.1) is 6.54 Å². The van der Waals surface area contributed by atoms with E-state index in [1.54, 1.807) is 16.2 Å². The van der Waals surface area contributed by atoms with Crippen molar-refractivity contribution in [2.24, 2.45) is 0 Å². The minimum Gasteiger partial charge on any atom is -0.399 e. The quantitative estimate of drug-likeness (QED) is 0.834. The topological polar surface area (TPSA) is 46.3 Å². The van der Waals surface area contributed by atoms with Gasteiger partial charge in [0.2, 0.25) is 5.91 Å². The van der Waals surface area contributed by atoms with E-state index in [0.717, 1.165) is 22.1 Å². The van der Waals surface area contributed by atoms with Crippen LogP contribution in [0.1, 0.15) is 16.9 Å². The van der Waals surface area contributed by atoms with Crippen LogP contribution < -0.4 is 5.73 Å². The minimum atomic E-state index is 0.150. The van der Waals surface area contributed by atoms with Crippen LogP contribution in [-0.4, -0.2) is 17.9 Å². The number of nitrogens with two attached hydrogens (primary N) is 1. The summed E-state index contributed by atoms with van der Waals surface area (Å²) in [4.78, 5) is 15.0. The lowest BCUT2D eigenvalue weighted by Crippen LogP contribution is -2.25. The van der Waals surface area contributed by atoms with E-state index in [4.69, 9.17) is 5.73 Å². The summed E-state index contributed by atoms with van der Waals surface area (Å²) >= 11 is 5.08. The average molecular weight is 353 g/mol. The molecule has 5 heteroatoms. The lowest BCUT2D eigenvalue weighted by molar-refractivity contribution is -0.130. The summed E-state index contributed by atoms with van der Waals surface area (Å²) in [5, 5.41) is 2.03. The highest BCUT2D eigenvalue weighted by Gasteiger charge is 2.10. The van der Waals surface area contributed by atoms with Crippen LogP contribution in [0.2, 0.25) is 0 Å². The number of carbonyl (C=O) groups is 1. The first-order chi connectivity index (χ1) is 9.54. The number of amides is 1. The minimum absolute atomic E-state index is 0.150. The predicted molar refractivity (Wildman–Crippen MR) is 87.7 cm³/mol. The molecule has 2 rings (SSSR count). The van der Waals surface area contributed by atoms with Gasteiger partial charge in [0, 0.05) is 33.9 Å². The maximum atomic E-state index is 12.1. The van der Waals surface area contributed by atoms with Crippen LogP contribution in [-0.2, 0) is 17.8 Å². The first-order valence-corrected chi connectivity index (χ1v) is 8.03. The first kappa shape index (κ1) is 15.1. The molecule has 0 aliphatic carbocycles. The number of nitrogen functional groups attached to an aromatic ring is 1. The molecule has 0 fully saturated rings. The summed E-state index contributed by atoms with van der Waals surface area (Å²) in [6.45, 7) is 0.659. The van der Waals surface area contributed by atoms with Gasteiger partial charge in [-0.15, -0.1) is 11.3 Å². The summed E-state index contributed by atoms with van der Waals surface area (Å²) in [5.74, 6) is 0.150. The third kappa shape index (κ3) is 4.35. The van der Waals surface area contributed by atoms with Gasteiger partial charge in [0.1, 0.15) is 0 Å². The predicted octanol–water partition coefficient (Wildman–Crippen LogP) is 3.68. The Labute approximate surface area is 131 Å². The second kappa shape index (κ2) is 6.90. The first-order valence-electron chi connectivity index (χ1n) is 6.36. The molecule has 2 aromatic rings. The van der Waals surface area contributed by atoms with Crippen LogP contribution in [0.3, 0.4) is 0 Å². The van der Waals surface area contributed by atoms with Crippen LogP contribution in [0.25, 0.3) is 0 Å². The Morgan fingerprint density at radius 3 is 2.85 bits per heavy atom. The zero-order valence-electron chi connectivity index (χ0n) is 11.3. The molecule has 1 heterocycles. The molecule has 0 bridgehead atoms. The van der Waals surface area contributed by atoms with Crippen LogP contribution in [0, 0.1) is 0 Å². The summed E-state index contributed by atoms with van der Waals surface area (Å²) in [6, 6.07) is 9.74. The molecule has 2 N–H and O–H groups in total. The lowest BCUT2D eigenvalue weighted by Gasteiger charge is -2.16. The van der Waals surface area contributed by atoms with E-state index in [1.165, 1.54) is 4.88 Å². The van der Waals surface area contributed by atoms with Crippen LogP contribution in [0.15, 0.2) is 40.2 Å². The Bertz CT molecular complexity index is 597. The molecule has 106 valence electrons. The number of nitrogens with zero attached hydrogens (tertiary/aromatic N) is 1. The third-order valence-electron chi connectivity index (χ3n) is 3.02. The van der Waals surface area contributed by atoms with Gasteiger partial charge in [0.25, 0.3) is 0 Å². The molecule has 0 unspecified atom stereocenters. The number of benzene rings is 1. The van der Waals surface area contributed by atoms with E-state index >= 15 is 0 Å². The summed E-state index contributed by atoms with van der Waals surface area (Å²) < 4.78 is 1.07. The number of hydrogen-bond donors (Lipinski definition) is 1. The number of aryl methyl sites for hydroxylation is 1. The van der Waals surface area contributed by atoms with Gasteiger partial charge in [-0.25, -0.2) is 0 Å². The largest absolute Gasteiger partial charge is 0.399 e. The van der Waals surface area contributed by atoms with Crippen molar-refractivity contribution < 1.29 is 4.79 Å². The smallest absolute Gasteiger partial charge is 0.222 e. The van der Waals surface area contributed by atoms with Crippen LogP contribution >= 0.6 is 27.3 Å². The SMILES string of the molecule is CN(Cc1cc(Br)cs1)C(=O)CCc1cccc(N)c1. The van der Waals surface area contributed by atoms with E-state index in [0.29, 0.717) is 13.0 Å². The molecular weight excluding hydrogens is 336 g/mol. The maximum absolute atomic E-state index is 12.1. The van der Waals surface area contributed by atoms with E-state index in [1.807, 2.05) is 42.8 Å². The summed E-state index contributed by atoms with van der Waals surface area (Å²) in [6.07, 6.45) is 1.23. The van der Waals surface area contributed by atoms with Crippen molar-refractivity contribution in [1.82, 2.24) is 4.90 Å². The molecule has 20 heavy (non-hydrogen) atoms. The van der Waals surface area contributed by atoms with E-state index < -0.39 is 0 Å². The highest BCUT2D eigenvalue weighted by molar-refractivity contribution is 9.10. The van der Waals surface area contributed by atoms with Crippen molar-refractivity contribution >= 4 is 38.9 Å². The molecule has 3 nitrogen and oxygen atoms in total. The average Bonchev–Trinajstić information content (AvgIpc) is 2.81. The molecule has 1 aromatic carbocycles. The van der Waals surface area contributed by atoms with Crippen molar-refractivity contribution in [3.8, 4) is 0 Å². The second-order valence-corrected chi connectivity index (χ2v) is 6.64. The Hall–Kier alpha value is -1.33. The van der Waals surface area contributed by atoms with Gasteiger partial charge in [-0.2, -0.15) is 0 Å². The molecule has 0 aliphatic rings. The zero-order valence-corrected chi connectivity index (χ0v) is 13.7. The molecule has 0 radical (unpaired) electrons. The highest BCUT2D eigenvalue weighted by atomic mass is 79.9. The molecule has 1 aromatic heterocycles. The lowest BCUT2D eigenvalue weighted by atomic mass is 10.1. The molecule has 0 saturated carbocycles. The molecule has 0 saturated heterocycles. The molecule has 0 atom stereocenters. The van der Waals surface area contributed by atoms with E-state index in [9.17, 15) is 4.79 Å². The van der Waals surface area contributed by atoms with Crippen molar-refractivity contribution in [3.63, 3.8) is 0 Å². The fraction of sp³-hybridized carbons (Fsp3) is 0.267. The second-order valence-electron chi connectivity index (χ2n) is 4.73. The van der Waals surface area contributed by atoms with Gasteiger partial charge >= 0.3 is 0 Å². The molecular formula is C15H17BrN2OS. The van der Waals surface area contributed by atoms with Gasteiger partial charge < -0.3 is 10.6 Å². The van der Waals surface area contributed by atoms with Crippen LogP contribution in [0.4, 0.5) is 5.69 Å². The fourth-order valence-electron chi connectivity index (χ4n) is 1.95. The van der Waals surface area contributed by atoms with Crippen LogP contribution in [0.5, 0.6) is 0 Å². The molecule has 0 spiro atoms. The van der Waals surface area contributed by atoms with Gasteiger partial charge in [0.15, 0.2) is 0 Å². The number of halogens is 1.